The Labute approximate surface area is 194 Å². The molecular formula is C23H24N6OS2. The molecule has 0 bridgehead atoms. The highest BCUT2D eigenvalue weighted by Gasteiger charge is 2.19. The summed E-state index contributed by atoms with van der Waals surface area (Å²) in [6.07, 6.45) is 5.40. The fourth-order valence-corrected chi connectivity index (χ4v) is 5.46. The maximum absolute atomic E-state index is 5.40. The van der Waals surface area contributed by atoms with Crippen molar-refractivity contribution in [2.24, 2.45) is 4.99 Å². The van der Waals surface area contributed by atoms with Gasteiger partial charge in [0, 0.05) is 36.3 Å². The van der Waals surface area contributed by atoms with Crippen LogP contribution in [-0.4, -0.2) is 45.6 Å². The van der Waals surface area contributed by atoms with Crippen LogP contribution in [0.3, 0.4) is 0 Å². The Kier molecular flexibility index (Phi) is 6.27. The van der Waals surface area contributed by atoms with Crippen LogP contribution >= 0.6 is 23.1 Å². The summed E-state index contributed by atoms with van der Waals surface area (Å²) in [6.45, 7) is 0.826. The van der Waals surface area contributed by atoms with Gasteiger partial charge in [0.2, 0.25) is 0 Å². The van der Waals surface area contributed by atoms with Crippen LogP contribution in [0, 0.1) is 0 Å². The third-order valence-electron chi connectivity index (χ3n) is 5.22. The van der Waals surface area contributed by atoms with E-state index in [4.69, 9.17) is 9.73 Å². The molecule has 0 fully saturated rings. The molecule has 0 saturated carbocycles. The van der Waals surface area contributed by atoms with Crippen molar-refractivity contribution in [3.8, 4) is 5.75 Å². The predicted molar refractivity (Wildman–Crippen MR) is 134 cm³/mol. The second-order valence-corrected chi connectivity index (χ2v) is 9.54. The van der Waals surface area contributed by atoms with E-state index in [-0.39, 0.29) is 6.04 Å². The lowest BCUT2D eigenvalue weighted by atomic mass is 10.1. The van der Waals surface area contributed by atoms with Gasteiger partial charge in [-0.15, -0.1) is 0 Å². The number of para-hydroxylation sites is 1. The van der Waals surface area contributed by atoms with Crippen molar-refractivity contribution in [1.29, 1.82) is 0 Å². The number of aromatic amines is 1. The summed E-state index contributed by atoms with van der Waals surface area (Å²) in [5.41, 5.74) is 4.38. The van der Waals surface area contributed by atoms with Gasteiger partial charge in [-0.3, -0.25) is 4.99 Å². The average molecular weight is 465 g/mol. The number of anilines is 2. The van der Waals surface area contributed by atoms with E-state index in [0.717, 1.165) is 62.8 Å². The summed E-state index contributed by atoms with van der Waals surface area (Å²) in [6, 6.07) is 14.8. The fraction of sp³-hybridized carbons (Fsp3) is 0.261. The Morgan fingerprint density at radius 1 is 1.19 bits per heavy atom. The van der Waals surface area contributed by atoms with Crippen molar-refractivity contribution >= 4 is 49.3 Å². The summed E-state index contributed by atoms with van der Waals surface area (Å²) >= 11 is 3.42. The zero-order valence-corrected chi connectivity index (χ0v) is 19.3. The standard InChI is InChI=1S/C23H24N6OS2/c1-30-19-3-2-4-20-21(19)29-22(32-20)25-10-9-15-5-7-16(8-6-15)27-23-28-18(13-31-23)11-17-12-24-14-26-17/h2-8,12,14,18H,9-11,13H2,1H3,(H,24,26)(H,25,29)(H,27,28)/t18-/m0/s1. The fourth-order valence-electron chi connectivity index (χ4n) is 3.59. The summed E-state index contributed by atoms with van der Waals surface area (Å²) in [5, 5.41) is 8.78. The molecule has 0 amide bonds. The number of aliphatic imine (C=N–C) groups is 1. The number of hydrogen-bond acceptors (Lipinski definition) is 8. The van der Waals surface area contributed by atoms with E-state index >= 15 is 0 Å². The van der Waals surface area contributed by atoms with E-state index < -0.39 is 0 Å². The first-order chi connectivity index (χ1) is 15.8. The van der Waals surface area contributed by atoms with Gasteiger partial charge in [0.15, 0.2) is 10.3 Å². The molecule has 32 heavy (non-hydrogen) atoms. The van der Waals surface area contributed by atoms with Crippen LogP contribution in [0.2, 0.25) is 0 Å². The molecule has 1 aliphatic rings. The summed E-state index contributed by atoms with van der Waals surface area (Å²) in [4.78, 5) is 16.7. The summed E-state index contributed by atoms with van der Waals surface area (Å²) < 4.78 is 6.53. The van der Waals surface area contributed by atoms with Gasteiger partial charge in [-0.2, -0.15) is 0 Å². The Morgan fingerprint density at radius 3 is 2.91 bits per heavy atom. The van der Waals surface area contributed by atoms with Crippen LogP contribution in [-0.2, 0) is 12.8 Å². The van der Waals surface area contributed by atoms with Gasteiger partial charge in [0.1, 0.15) is 11.3 Å². The number of amidine groups is 1. The maximum atomic E-state index is 5.40. The zero-order valence-electron chi connectivity index (χ0n) is 17.7. The van der Waals surface area contributed by atoms with E-state index in [1.807, 2.05) is 18.3 Å². The summed E-state index contributed by atoms with van der Waals surface area (Å²) in [5.74, 6) is 1.80. The van der Waals surface area contributed by atoms with Crippen LogP contribution in [0.4, 0.5) is 10.8 Å². The second kappa shape index (κ2) is 9.62. The predicted octanol–water partition coefficient (Wildman–Crippen LogP) is 4.81. The third kappa shape index (κ3) is 4.89. The van der Waals surface area contributed by atoms with Crippen molar-refractivity contribution in [2.75, 3.05) is 30.0 Å². The molecule has 7 nitrogen and oxygen atoms in total. The summed E-state index contributed by atoms with van der Waals surface area (Å²) in [7, 11) is 1.68. The first kappa shape index (κ1) is 20.8. The minimum atomic E-state index is 0.288. The minimum Gasteiger partial charge on any atom is -0.494 e. The zero-order chi connectivity index (χ0) is 21.8. The highest BCUT2D eigenvalue weighted by atomic mass is 32.2. The van der Waals surface area contributed by atoms with E-state index in [9.17, 15) is 0 Å². The molecule has 0 aliphatic carbocycles. The van der Waals surface area contributed by atoms with Gasteiger partial charge in [0.05, 0.1) is 24.2 Å². The number of nitrogens with one attached hydrogen (secondary N) is 3. The van der Waals surface area contributed by atoms with Crippen LogP contribution in [0.15, 0.2) is 60.0 Å². The molecule has 5 rings (SSSR count). The molecule has 164 valence electrons. The monoisotopic (exact) mass is 464 g/mol. The topological polar surface area (TPSA) is 87.2 Å². The first-order valence-corrected chi connectivity index (χ1v) is 12.3. The van der Waals surface area contributed by atoms with E-state index in [1.165, 1.54) is 5.56 Å². The van der Waals surface area contributed by atoms with Crippen molar-refractivity contribution in [3.05, 3.63) is 66.2 Å². The number of hydrogen-bond donors (Lipinski definition) is 3. The van der Waals surface area contributed by atoms with Gasteiger partial charge < -0.3 is 20.4 Å². The third-order valence-corrected chi connectivity index (χ3v) is 7.23. The lowest BCUT2D eigenvalue weighted by Crippen LogP contribution is -2.09. The Hall–Kier alpha value is -3.04. The maximum Gasteiger partial charge on any atom is 0.183 e. The number of benzene rings is 2. The quantitative estimate of drug-likeness (QED) is 0.347. The molecule has 3 heterocycles. The molecule has 0 saturated heterocycles. The van der Waals surface area contributed by atoms with Crippen LogP contribution in [0.25, 0.3) is 10.2 Å². The minimum absolute atomic E-state index is 0.288. The number of thioether (sulfide) groups is 1. The molecule has 0 unspecified atom stereocenters. The van der Waals surface area contributed by atoms with E-state index in [1.54, 1.807) is 36.5 Å². The molecule has 2 aromatic carbocycles. The van der Waals surface area contributed by atoms with Gasteiger partial charge in [-0.25, -0.2) is 9.97 Å². The SMILES string of the molecule is COc1cccc2sc(NCCc3ccc(NC4=N[C@@H](Cc5cnc[nH]5)CS4)cc3)nc12. The normalized spacial score (nSPS) is 15.7. The number of ether oxygens (including phenoxy) is 1. The molecule has 3 N–H and O–H groups in total. The number of aromatic nitrogens is 3. The number of methoxy groups -OCH3 is 1. The smallest absolute Gasteiger partial charge is 0.183 e. The molecule has 0 spiro atoms. The van der Waals surface area contributed by atoms with Gasteiger partial charge in [-0.05, 0) is 36.2 Å². The van der Waals surface area contributed by atoms with Gasteiger partial charge in [-0.1, -0.05) is 41.3 Å². The van der Waals surface area contributed by atoms with Crippen molar-refractivity contribution < 1.29 is 4.74 Å². The van der Waals surface area contributed by atoms with Crippen molar-refractivity contribution in [2.45, 2.75) is 18.9 Å². The number of H-pyrrole nitrogens is 1. The Morgan fingerprint density at radius 2 is 2.09 bits per heavy atom. The number of rotatable bonds is 8. The molecule has 0 radical (unpaired) electrons. The largest absolute Gasteiger partial charge is 0.494 e. The van der Waals surface area contributed by atoms with Crippen molar-refractivity contribution in [1.82, 2.24) is 15.0 Å². The van der Waals surface area contributed by atoms with Crippen molar-refractivity contribution in [3.63, 3.8) is 0 Å². The molecule has 2 aromatic heterocycles. The van der Waals surface area contributed by atoms with E-state index in [0.29, 0.717) is 0 Å². The van der Waals surface area contributed by atoms with Crippen LogP contribution in [0.1, 0.15) is 11.3 Å². The molecule has 1 aliphatic heterocycles. The Balaban J connectivity index is 1.12. The van der Waals surface area contributed by atoms with Gasteiger partial charge >= 0.3 is 0 Å². The number of fused-ring (bicyclic) bond motifs is 1. The van der Waals surface area contributed by atoms with Crippen LogP contribution in [0.5, 0.6) is 5.75 Å². The lowest BCUT2D eigenvalue weighted by Gasteiger charge is -2.07. The van der Waals surface area contributed by atoms with Gasteiger partial charge in [0.25, 0.3) is 0 Å². The number of thiazole rings is 1. The number of imidazole rings is 1. The second-order valence-electron chi connectivity index (χ2n) is 7.50. The average Bonchev–Trinajstić information content (AvgIpc) is 3.56. The first-order valence-electron chi connectivity index (χ1n) is 10.5. The highest BCUT2D eigenvalue weighted by molar-refractivity contribution is 8.14. The van der Waals surface area contributed by atoms with Crippen LogP contribution < -0.4 is 15.4 Å². The molecule has 1 atom stereocenters. The number of nitrogens with zero attached hydrogens (tertiary/aromatic N) is 3. The molecular weight excluding hydrogens is 440 g/mol. The highest BCUT2D eigenvalue weighted by Crippen LogP contribution is 2.32. The lowest BCUT2D eigenvalue weighted by molar-refractivity contribution is 0.419. The molecule has 4 aromatic rings. The Bertz CT molecular complexity index is 1200. The van der Waals surface area contributed by atoms with E-state index in [2.05, 4.69) is 55.9 Å². The molecule has 9 heteroatoms.